The first-order valence-electron chi connectivity index (χ1n) is 12.7. The number of ketones is 1. The van der Waals surface area contributed by atoms with E-state index >= 15 is 0 Å². The second kappa shape index (κ2) is 11.3. The van der Waals surface area contributed by atoms with Gasteiger partial charge in [0.15, 0.2) is 11.5 Å². The van der Waals surface area contributed by atoms with Crippen LogP contribution in [0.25, 0.3) is 5.76 Å². The summed E-state index contributed by atoms with van der Waals surface area (Å²) < 4.78 is 11.2. The lowest BCUT2D eigenvalue weighted by atomic mass is 9.94. The molecular weight excluding hydrogens is 508 g/mol. The molecule has 1 saturated heterocycles. The molecule has 1 atom stereocenters. The van der Waals surface area contributed by atoms with Crippen LogP contribution >= 0.6 is 0 Å². The van der Waals surface area contributed by atoms with Crippen molar-refractivity contribution in [1.29, 1.82) is 0 Å². The number of aliphatic hydroxyl groups is 1. The number of Topliss-reactive ketones (excluding diaryl/α,β-unsaturated/α-hetero) is 1. The molecule has 8 heteroatoms. The lowest BCUT2D eigenvalue weighted by molar-refractivity contribution is -0.140. The SMILES string of the molecule is COc1cc([C@H]2C(=C(O)c3ccc(OCc4cccc(C)c4)cc3)C(=O)C(=O)N2Cc2ccncc2)ccc1O. The summed E-state index contributed by atoms with van der Waals surface area (Å²) in [6.45, 7) is 2.52. The third-order valence-corrected chi connectivity index (χ3v) is 6.78. The Balaban J connectivity index is 1.50. The number of rotatable bonds is 8. The Bertz CT molecular complexity index is 1580. The van der Waals surface area contributed by atoms with Crippen molar-refractivity contribution in [1.82, 2.24) is 9.88 Å². The van der Waals surface area contributed by atoms with Crippen molar-refractivity contribution < 1.29 is 29.3 Å². The highest BCUT2D eigenvalue weighted by Gasteiger charge is 2.46. The molecule has 0 bridgehead atoms. The molecule has 1 amide bonds. The van der Waals surface area contributed by atoms with Crippen molar-refractivity contribution in [3.63, 3.8) is 0 Å². The number of hydrogen-bond acceptors (Lipinski definition) is 7. The highest BCUT2D eigenvalue weighted by atomic mass is 16.5. The standard InChI is InChI=1S/C32H28N2O6/c1-20-4-3-5-22(16-20)19-40-25-9-6-23(7-10-25)30(36)28-29(24-8-11-26(35)27(17-24)39-2)34(32(38)31(28)37)18-21-12-14-33-15-13-21/h3-17,29,35-36H,18-19H2,1-2H3/t29-/m0/s1. The molecule has 0 unspecified atom stereocenters. The normalized spacial score (nSPS) is 16.2. The molecule has 1 aliphatic rings. The molecule has 5 rings (SSSR count). The fourth-order valence-electron chi connectivity index (χ4n) is 4.77. The van der Waals surface area contributed by atoms with Gasteiger partial charge in [-0.1, -0.05) is 35.9 Å². The van der Waals surface area contributed by atoms with Gasteiger partial charge in [0.25, 0.3) is 11.7 Å². The van der Waals surface area contributed by atoms with Crippen LogP contribution in [0.5, 0.6) is 17.2 Å². The minimum absolute atomic E-state index is 0.0553. The third kappa shape index (κ3) is 5.37. The molecular formula is C32H28N2O6. The smallest absolute Gasteiger partial charge is 0.295 e. The van der Waals surface area contributed by atoms with Gasteiger partial charge in [-0.2, -0.15) is 0 Å². The summed E-state index contributed by atoms with van der Waals surface area (Å²) >= 11 is 0. The molecule has 1 fully saturated rings. The summed E-state index contributed by atoms with van der Waals surface area (Å²) in [5.74, 6) is -1.16. The minimum Gasteiger partial charge on any atom is -0.507 e. The van der Waals surface area contributed by atoms with Gasteiger partial charge in [0.1, 0.15) is 18.1 Å². The molecule has 8 nitrogen and oxygen atoms in total. The summed E-state index contributed by atoms with van der Waals surface area (Å²) in [5, 5.41) is 21.5. The molecule has 4 aromatic rings. The number of hydrogen-bond donors (Lipinski definition) is 2. The first-order chi connectivity index (χ1) is 19.4. The fraction of sp³-hybridized carbons (Fsp3) is 0.156. The molecule has 0 spiro atoms. The maximum atomic E-state index is 13.4. The van der Waals surface area contributed by atoms with Crippen molar-refractivity contribution >= 4 is 17.4 Å². The van der Waals surface area contributed by atoms with Crippen LogP contribution in [0, 0.1) is 6.92 Å². The van der Waals surface area contributed by atoms with E-state index in [2.05, 4.69) is 4.98 Å². The summed E-state index contributed by atoms with van der Waals surface area (Å²) in [6.07, 6.45) is 3.21. The number of nitrogens with zero attached hydrogens (tertiary/aromatic N) is 2. The monoisotopic (exact) mass is 536 g/mol. The van der Waals surface area contributed by atoms with Gasteiger partial charge in [-0.15, -0.1) is 0 Å². The number of benzene rings is 3. The number of phenols is 1. The average molecular weight is 537 g/mol. The van der Waals surface area contributed by atoms with Gasteiger partial charge in [0.2, 0.25) is 0 Å². The van der Waals surface area contributed by atoms with E-state index in [9.17, 15) is 19.8 Å². The Morgan fingerprint density at radius 2 is 1.70 bits per heavy atom. The number of carbonyl (C=O) groups excluding carboxylic acids is 2. The van der Waals surface area contributed by atoms with Gasteiger partial charge in [0.05, 0.1) is 18.7 Å². The maximum absolute atomic E-state index is 13.4. The number of aromatic hydroxyl groups is 1. The van der Waals surface area contributed by atoms with Crippen LogP contribution < -0.4 is 9.47 Å². The number of aliphatic hydroxyl groups excluding tert-OH is 1. The largest absolute Gasteiger partial charge is 0.507 e. The van der Waals surface area contributed by atoms with Crippen molar-refractivity contribution in [3.8, 4) is 17.2 Å². The highest BCUT2D eigenvalue weighted by Crippen LogP contribution is 2.42. The number of methoxy groups -OCH3 is 1. The zero-order valence-electron chi connectivity index (χ0n) is 22.1. The molecule has 1 aliphatic heterocycles. The van der Waals surface area contributed by atoms with Gasteiger partial charge in [-0.05, 0) is 72.1 Å². The number of aromatic nitrogens is 1. The zero-order chi connectivity index (χ0) is 28.2. The predicted octanol–water partition coefficient (Wildman–Crippen LogP) is 5.31. The number of pyridine rings is 1. The van der Waals surface area contributed by atoms with Crippen LogP contribution in [0.1, 0.15) is 33.9 Å². The van der Waals surface area contributed by atoms with E-state index in [1.807, 2.05) is 31.2 Å². The summed E-state index contributed by atoms with van der Waals surface area (Å²) in [5.41, 5.74) is 3.75. The number of ether oxygens (including phenoxy) is 2. The van der Waals surface area contributed by atoms with E-state index in [0.29, 0.717) is 23.5 Å². The molecule has 202 valence electrons. The Labute approximate surface area is 231 Å². The summed E-state index contributed by atoms with van der Waals surface area (Å²) in [4.78, 5) is 32.0. The predicted molar refractivity (Wildman–Crippen MR) is 149 cm³/mol. The fourth-order valence-corrected chi connectivity index (χ4v) is 4.77. The molecule has 0 saturated carbocycles. The van der Waals surface area contributed by atoms with E-state index in [4.69, 9.17) is 9.47 Å². The molecule has 3 aromatic carbocycles. The maximum Gasteiger partial charge on any atom is 0.295 e. The lowest BCUT2D eigenvalue weighted by Crippen LogP contribution is -2.29. The van der Waals surface area contributed by atoms with Gasteiger partial charge in [-0.3, -0.25) is 14.6 Å². The molecule has 0 aliphatic carbocycles. The minimum atomic E-state index is -0.917. The molecule has 1 aromatic heterocycles. The van der Waals surface area contributed by atoms with Gasteiger partial charge >= 0.3 is 0 Å². The first-order valence-corrected chi connectivity index (χ1v) is 12.7. The van der Waals surface area contributed by atoms with Crippen molar-refractivity contribution in [2.24, 2.45) is 0 Å². The van der Waals surface area contributed by atoms with Crippen LogP contribution in [0.15, 0.2) is 96.8 Å². The van der Waals surface area contributed by atoms with Crippen molar-refractivity contribution in [3.05, 3.63) is 125 Å². The number of amides is 1. The lowest BCUT2D eigenvalue weighted by Gasteiger charge is -2.26. The number of phenolic OH excluding ortho intramolecular Hbond substituents is 1. The van der Waals surface area contributed by atoms with Crippen molar-refractivity contribution in [2.45, 2.75) is 26.1 Å². The van der Waals surface area contributed by atoms with E-state index in [0.717, 1.165) is 16.7 Å². The van der Waals surface area contributed by atoms with Crippen LogP contribution in [0.2, 0.25) is 0 Å². The van der Waals surface area contributed by atoms with Gasteiger partial charge in [0, 0.05) is 24.5 Å². The van der Waals surface area contributed by atoms with E-state index in [1.54, 1.807) is 60.9 Å². The Morgan fingerprint density at radius 3 is 2.40 bits per heavy atom. The van der Waals surface area contributed by atoms with Gasteiger partial charge < -0.3 is 24.6 Å². The van der Waals surface area contributed by atoms with E-state index < -0.39 is 17.7 Å². The summed E-state index contributed by atoms with van der Waals surface area (Å²) in [6, 6.07) is 21.9. The van der Waals surface area contributed by atoms with Gasteiger partial charge in [-0.25, -0.2) is 0 Å². The topological polar surface area (TPSA) is 109 Å². The molecule has 2 N–H and O–H groups in total. The van der Waals surface area contributed by atoms with Crippen LogP contribution in [0.3, 0.4) is 0 Å². The first kappa shape index (κ1) is 26.5. The number of carbonyl (C=O) groups is 2. The molecule has 2 heterocycles. The Hall–Kier alpha value is -5.11. The highest BCUT2D eigenvalue weighted by molar-refractivity contribution is 6.46. The third-order valence-electron chi connectivity index (χ3n) is 6.78. The second-order valence-corrected chi connectivity index (χ2v) is 9.52. The van der Waals surface area contributed by atoms with Crippen LogP contribution in [-0.4, -0.2) is 38.9 Å². The zero-order valence-corrected chi connectivity index (χ0v) is 22.1. The second-order valence-electron chi connectivity index (χ2n) is 9.52. The van der Waals surface area contributed by atoms with Crippen LogP contribution in [-0.2, 0) is 22.7 Å². The number of likely N-dealkylation sites (tertiary alicyclic amines) is 1. The molecule has 40 heavy (non-hydrogen) atoms. The quantitative estimate of drug-likeness (QED) is 0.179. The Kier molecular flexibility index (Phi) is 7.50. The molecule has 0 radical (unpaired) electrons. The van der Waals surface area contributed by atoms with E-state index in [1.165, 1.54) is 18.1 Å². The average Bonchev–Trinajstić information content (AvgIpc) is 3.22. The summed E-state index contributed by atoms with van der Waals surface area (Å²) in [7, 11) is 1.41. The van der Waals surface area contributed by atoms with Crippen LogP contribution in [0.4, 0.5) is 0 Å². The van der Waals surface area contributed by atoms with Crippen molar-refractivity contribution in [2.75, 3.05) is 7.11 Å². The number of aryl methyl sites for hydroxylation is 1. The van der Waals surface area contributed by atoms with E-state index in [-0.39, 0.29) is 29.4 Å². The Morgan fingerprint density at radius 1 is 0.950 bits per heavy atom.